The van der Waals surface area contributed by atoms with Gasteiger partial charge in [-0.3, -0.25) is 0 Å². The van der Waals surface area contributed by atoms with E-state index >= 15 is 0 Å². The van der Waals surface area contributed by atoms with Crippen LogP contribution in [-0.4, -0.2) is 23.2 Å². The third-order valence-electron chi connectivity index (χ3n) is 2.74. The first kappa shape index (κ1) is 13.4. The number of carbonyl (C=O) groups is 1. The van der Waals surface area contributed by atoms with Crippen molar-refractivity contribution >= 4 is 23.0 Å². The molecule has 6 heteroatoms. The van der Waals surface area contributed by atoms with E-state index in [1.165, 1.54) is 6.07 Å². The zero-order valence-electron chi connectivity index (χ0n) is 10.6. The molecule has 0 aliphatic carbocycles. The van der Waals surface area contributed by atoms with Crippen LogP contribution in [0.3, 0.4) is 0 Å². The van der Waals surface area contributed by atoms with Gasteiger partial charge in [-0.25, -0.2) is 9.78 Å². The highest BCUT2D eigenvalue weighted by Crippen LogP contribution is 2.24. The summed E-state index contributed by atoms with van der Waals surface area (Å²) in [5, 5.41) is 12.3. The second kappa shape index (κ2) is 5.71. The first-order chi connectivity index (χ1) is 9.11. The molecule has 0 spiro atoms. The van der Waals surface area contributed by atoms with E-state index in [1.807, 2.05) is 6.92 Å². The van der Waals surface area contributed by atoms with Gasteiger partial charge in [0, 0.05) is 10.9 Å². The van der Waals surface area contributed by atoms with E-state index in [4.69, 9.17) is 9.84 Å². The number of aryl methyl sites for hydroxylation is 1. The second-order valence-electron chi connectivity index (χ2n) is 3.93. The quantitative estimate of drug-likeness (QED) is 0.880. The van der Waals surface area contributed by atoms with Gasteiger partial charge < -0.3 is 15.2 Å². The predicted octanol–water partition coefficient (Wildman–Crippen LogP) is 2.77. The number of carboxylic acids is 1. The van der Waals surface area contributed by atoms with Gasteiger partial charge in [0.05, 0.1) is 36.1 Å². The summed E-state index contributed by atoms with van der Waals surface area (Å²) in [4.78, 5) is 16.4. The molecule has 1 aromatic heterocycles. The summed E-state index contributed by atoms with van der Waals surface area (Å²) >= 11 is 1.54. The molecule has 1 aromatic carbocycles. The van der Waals surface area contributed by atoms with Gasteiger partial charge in [-0.15, -0.1) is 11.3 Å². The van der Waals surface area contributed by atoms with Crippen molar-refractivity contribution in [3.8, 4) is 5.75 Å². The Hall–Kier alpha value is -2.08. The van der Waals surface area contributed by atoms with E-state index in [9.17, 15) is 4.79 Å². The number of aromatic nitrogens is 1. The number of thiazole rings is 1. The van der Waals surface area contributed by atoms with Gasteiger partial charge in [0.25, 0.3) is 0 Å². The van der Waals surface area contributed by atoms with E-state index in [1.54, 1.807) is 36.1 Å². The van der Waals surface area contributed by atoms with Crippen LogP contribution >= 0.6 is 11.3 Å². The minimum Gasteiger partial charge on any atom is -0.497 e. The summed E-state index contributed by atoms with van der Waals surface area (Å²) in [5.41, 5.74) is 3.50. The van der Waals surface area contributed by atoms with Crippen LogP contribution in [0.25, 0.3) is 0 Å². The number of hydrogen-bond donors (Lipinski definition) is 2. The molecule has 2 rings (SSSR count). The highest BCUT2D eigenvalue weighted by molar-refractivity contribution is 7.09. The molecule has 0 atom stereocenters. The van der Waals surface area contributed by atoms with Crippen LogP contribution in [0.5, 0.6) is 5.75 Å². The monoisotopic (exact) mass is 278 g/mol. The van der Waals surface area contributed by atoms with E-state index in [-0.39, 0.29) is 5.56 Å². The minimum absolute atomic E-state index is 0.225. The molecule has 2 aromatic rings. The van der Waals surface area contributed by atoms with E-state index < -0.39 is 5.97 Å². The van der Waals surface area contributed by atoms with Crippen LogP contribution in [0.1, 0.15) is 20.9 Å². The molecule has 0 fully saturated rings. The third kappa shape index (κ3) is 3.03. The first-order valence-electron chi connectivity index (χ1n) is 5.66. The zero-order valence-corrected chi connectivity index (χ0v) is 11.5. The average molecular weight is 278 g/mol. The molecule has 2 N–H and O–H groups in total. The number of nitrogens with one attached hydrogen (secondary N) is 1. The Kier molecular flexibility index (Phi) is 4.01. The summed E-state index contributed by atoms with van der Waals surface area (Å²) in [6, 6.07) is 4.84. The topological polar surface area (TPSA) is 71.5 Å². The molecule has 0 unspecified atom stereocenters. The average Bonchev–Trinajstić information content (AvgIpc) is 2.81. The molecule has 19 heavy (non-hydrogen) atoms. The van der Waals surface area contributed by atoms with E-state index in [0.717, 1.165) is 10.6 Å². The molecule has 0 aliphatic heterocycles. The molecule has 0 saturated heterocycles. The first-order valence-corrected chi connectivity index (χ1v) is 6.54. The van der Waals surface area contributed by atoms with Crippen molar-refractivity contribution in [2.45, 2.75) is 13.5 Å². The Morgan fingerprint density at radius 3 is 2.89 bits per heavy atom. The Balaban J connectivity index is 2.22. The highest BCUT2D eigenvalue weighted by atomic mass is 32.1. The molecule has 0 aliphatic rings. The zero-order chi connectivity index (χ0) is 13.8. The van der Waals surface area contributed by atoms with Crippen molar-refractivity contribution in [2.75, 3.05) is 12.4 Å². The molecular formula is C13H14N2O3S. The number of rotatable bonds is 5. The molecule has 0 saturated carbocycles. The van der Waals surface area contributed by atoms with Crippen LogP contribution in [0.2, 0.25) is 0 Å². The van der Waals surface area contributed by atoms with Crippen LogP contribution in [0, 0.1) is 6.92 Å². The van der Waals surface area contributed by atoms with Crippen molar-refractivity contribution in [1.29, 1.82) is 0 Å². The van der Waals surface area contributed by atoms with Crippen LogP contribution in [-0.2, 0) is 6.54 Å². The molecule has 5 nitrogen and oxygen atoms in total. The molecular weight excluding hydrogens is 264 g/mol. The maximum Gasteiger partial charge on any atom is 0.337 e. The van der Waals surface area contributed by atoms with Gasteiger partial charge in [0.15, 0.2) is 0 Å². The molecule has 0 amide bonds. The number of ether oxygens (including phenoxy) is 1. The number of anilines is 1. The molecule has 0 radical (unpaired) electrons. The Bertz CT molecular complexity index is 595. The SMILES string of the molecule is COc1ccc(C(=O)O)c(NCc2scnc2C)c1. The Morgan fingerprint density at radius 2 is 2.32 bits per heavy atom. The minimum atomic E-state index is -0.967. The van der Waals surface area contributed by atoms with Crippen molar-refractivity contribution in [3.05, 3.63) is 39.8 Å². The second-order valence-corrected chi connectivity index (χ2v) is 4.87. The summed E-state index contributed by atoms with van der Waals surface area (Å²) in [6.07, 6.45) is 0. The fourth-order valence-electron chi connectivity index (χ4n) is 1.65. The Morgan fingerprint density at radius 1 is 1.53 bits per heavy atom. The normalized spacial score (nSPS) is 10.2. The van der Waals surface area contributed by atoms with Gasteiger partial charge in [-0.2, -0.15) is 0 Å². The molecule has 0 bridgehead atoms. The molecule has 100 valence electrons. The lowest BCUT2D eigenvalue weighted by Gasteiger charge is -2.10. The van der Waals surface area contributed by atoms with E-state index in [0.29, 0.717) is 18.0 Å². The molecule has 1 heterocycles. The Labute approximate surface area is 114 Å². The summed E-state index contributed by atoms with van der Waals surface area (Å²) in [6.45, 7) is 2.47. The fourth-order valence-corrected chi connectivity index (χ4v) is 2.37. The number of hydrogen-bond acceptors (Lipinski definition) is 5. The van der Waals surface area contributed by atoms with Gasteiger partial charge in [-0.1, -0.05) is 0 Å². The smallest absolute Gasteiger partial charge is 0.337 e. The number of benzene rings is 1. The standard InChI is InChI=1S/C13H14N2O3S/c1-8-12(19-7-15-8)6-14-11-5-9(18-2)3-4-10(11)13(16)17/h3-5,7,14H,6H2,1-2H3,(H,16,17). The van der Waals surface area contributed by atoms with Crippen molar-refractivity contribution in [1.82, 2.24) is 4.98 Å². The van der Waals surface area contributed by atoms with Crippen molar-refractivity contribution in [3.63, 3.8) is 0 Å². The highest BCUT2D eigenvalue weighted by Gasteiger charge is 2.11. The van der Waals surface area contributed by atoms with E-state index in [2.05, 4.69) is 10.3 Å². The predicted molar refractivity (Wildman–Crippen MR) is 74.1 cm³/mol. The van der Waals surface area contributed by atoms with Gasteiger partial charge in [-0.05, 0) is 19.1 Å². The largest absolute Gasteiger partial charge is 0.497 e. The van der Waals surface area contributed by atoms with Crippen LogP contribution < -0.4 is 10.1 Å². The lowest BCUT2D eigenvalue weighted by Crippen LogP contribution is -2.06. The fraction of sp³-hybridized carbons (Fsp3) is 0.231. The summed E-state index contributed by atoms with van der Waals surface area (Å²) in [5.74, 6) is -0.347. The van der Waals surface area contributed by atoms with Crippen molar-refractivity contribution in [2.24, 2.45) is 0 Å². The third-order valence-corrected chi connectivity index (χ3v) is 3.68. The van der Waals surface area contributed by atoms with Gasteiger partial charge in [0.2, 0.25) is 0 Å². The van der Waals surface area contributed by atoms with Crippen LogP contribution in [0.4, 0.5) is 5.69 Å². The maximum absolute atomic E-state index is 11.2. The lowest BCUT2D eigenvalue weighted by atomic mass is 10.1. The number of aromatic carboxylic acids is 1. The summed E-state index contributed by atoms with van der Waals surface area (Å²) in [7, 11) is 1.55. The number of nitrogens with zero attached hydrogens (tertiary/aromatic N) is 1. The van der Waals surface area contributed by atoms with Crippen LogP contribution in [0.15, 0.2) is 23.7 Å². The van der Waals surface area contributed by atoms with Gasteiger partial charge >= 0.3 is 5.97 Å². The number of carboxylic acid groups (broad SMARTS) is 1. The van der Waals surface area contributed by atoms with Gasteiger partial charge in [0.1, 0.15) is 5.75 Å². The van der Waals surface area contributed by atoms with Crippen molar-refractivity contribution < 1.29 is 14.6 Å². The maximum atomic E-state index is 11.2. The summed E-state index contributed by atoms with van der Waals surface area (Å²) < 4.78 is 5.11. The lowest BCUT2D eigenvalue weighted by molar-refractivity contribution is 0.0698. The number of methoxy groups -OCH3 is 1.